The standard InChI is InChI=1S/C15H19BrO2/c1-9-6-13-11(7-12(9)16)14(3)4-5-15(8-17,18-13)10(14)2/h6-7,10,17H,4-5,8H2,1-3H3/t10-,14-,15+/m0/s1. The van der Waals surface area contributed by atoms with Crippen LogP contribution in [0.1, 0.15) is 37.8 Å². The molecular weight excluding hydrogens is 292 g/mol. The number of halogens is 1. The predicted octanol–water partition coefficient (Wildman–Crippen LogP) is 3.57. The molecule has 3 atom stereocenters. The number of aryl methyl sites for hydroxylation is 1. The highest BCUT2D eigenvalue weighted by molar-refractivity contribution is 9.10. The summed E-state index contributed by atoms with van der Waals surface area (Å²) in [4.78, 5) is 0. The molecule has 1 heterocycles. The molecular formula is C15H19BrO2. The van der Waals surface area contributed by atoms with E-state index in [-0.39, 0.29) is 17.6 Å². The highest BCUT2D eigenvalue weighted by Crippen LogP contribution is 2.58. The average Bonchev–Trinajstić information content (AvgIpc) is 2.52. The third-order valence-corrected chi connectivity index (χ3v) is 6.12. The van der Waals surface area contributed by atoms with Crippen LogP contribution in [0.4, 0.5) is 0 Å². The Hall–Kier alpha value is -0.540. The molecule has 1 aliphatic heterocycles. The fraction of sp³-hybridized carbons (Fsp3) is 0.600. The molecule has 1 aromatic carbocycles. The molecule has 3 heteroatoms. The van der Waals surface area contributed by atoms with Crippen molar-refractivity contribution >= 4 is 15.9 Å². The summed E-state index contributed by atoms with van der Waals surface area (Å²) in [5, 5.41) is 9.77. The zero-order valence-electron chi connectivity index (χ0n) is 11.1. The zero-order chi connectivity index (χ0) is 13.1. The number of aliphatic hydroxyl groups is 1. The van der Waals surface area contributed by atoms with Crippen LogP contribution in [0.2, 0.25) is 0 Å². The van der Waals surface area contributed by atoms with Gasteiger partial charge in [0.25, 0.3) is 0 Å². The highest BCUT2D eigenvalue weighted by atomic mass is 79.9. The molecule has 0 aromatic heterocycles. The highest BCUT2D eigenvalue weighted by Gasteiger charge is 2.58. The number of aliphatic hydroxyl groups excluding tert-OH is 1. The second-order valence-electron chi connectivity index (χ2n) is 6.06. The monoisotopic (exact) mass is 310 g/mol. The van der Waals surface area contributed by atoms with Crippen molar-refractivity contribution in [3.8, 4) is 5.75 Å². The third kappa shape index (κ3) is 1.38. The summed E-state index contributed by atoms with van der Waals surface area (Å²) in [6.45, 7) is 6.69. The Morgan fingerprint density at radius 1 is 1.44 bits per heavy atom. The zero-order valence-corrected chi connectivity index (χ0v) is 12.7. The Bertz CT molecular complexity index is 513. The van der Waals surface area contributed by atoms with E-state index in [0.717, 1.165) is 23.1 Å². The molecule has 1 N–H and O–H groups in total. The van der Waals surface area contributed by atoms with E-state index >= 15 is 0 Å². The topological polar surface area (TPSA) is 29.5 Å². The Morgan fingerprint density at radius 3 is 2.83 bits per heavy atom. The number of benzene rings is 1. The van der Waals surface area contributed by atoms with Crippen LogP contribution in [0.3, 0.4) is 0 Å². The molecule has 1 fully saturated rings. The summed E-state index contributed by atoms with van der Waals surface area (Å²) in [6, 6.07) is 4.30. The van der Waals surface area contributed by atoms with Crippen molar-refractivity contribution in [1.82, 2.24) is 0 Å². The molecule has 2 bridgehead atoms. The van der Waals surface area contributed by atoms with E-state index in [1.54, 1.807) is 0 Å². The molecule has 2 aliphatic rings. The van der Waals surface area contributed by atoms with Crippen molar-refractivity contribution in [2.75, 3.05) is 6.61 Å². The van der Waals surface area contributed by atoms with Gasteiger partial charge >= 0.3 is 0 Å². The van der Waals surface area contributed by atoms with Gasteiger partial charge in [0.1, 0.15) is 11.4 Å². The van der Waals surface area contributed by atoms with Crippen molar-refractivity contribution in [1.29, 1.82) is 0 Å². The summed E-state index contributed by atoms with van der Waals surface area (Å²) in [6.07, 6.45) is 2.02. The van der Waals surface area contributed by atoms with Gasteiger partial charge in [-0.05, 0) is 37.5 Å². The Labute approximate surface area is 116 Å². The van der Waals surface area contributed by atoms with Crippen molar-refractivity contribution in [2.24, 2.45) is 5.92 Å². The summed E-state index contributed by atoms with van der Waals surface area (Å²) >= 11 is 3.61. The van der Waals surface area contributed by atoms with E-state index in [0.29, 0.717) is 5.92 Å². The van der Waals surface area contributed by atoms with Crippen LogP contribution in [0.25, 0.3) is 0 Å². The minimum atomic E-state index is -0.373. The van der Waals surface area contributed by atoms with Crippen LogP contribution >= 0.6 is 15.9 Å². The number of hydrogen-bond donors (Lipinski definition) is 1. The van der Waals surface area contributed by atoms with Crippen molar-refractivity contribution in [2.45, 2.75) is 44.6 Å². The molecule has 0 spiro atoms. The number of hydrogen-bond acceptors (Lipinski definition) is 2. The van der Waals surface area contributed by atoms with E-state index in [1.807, 2.05) is 0 Å². The lowest BCUT2D eigenvalue weighted by Gasteiger charge is -2.44. The predicted molar refractivity (Wildman–Crippen MR) is 75.1 cm³/mol. The van der Waals surface area contributed by atoms with Crippen molar-refractivity contribution in [3.05, 3.63) is 27.7 Å². The van der Waals surface area contributed by atoms with Gasteiger partial charge < -0.3 is 9.84 Å². The fourth-order valence-electron chi connectivity index (χ4n) is 3.65. The van der Waals surface area contributed by atoms with Crippen LogP contribution < -0.4 is 4.74 Å². The number of ether oxygens (including phenoxy) is 1. The van der Waals surface area contributed by atoms with Gasteiger partial charge in [0, 0.05) is 21.4 Å². The second kappa shape index (κ2) is 3.73. The van der Waals surface area contributed by atoms with Crippen molar-refractivity contribution < 1.29 is 9.84 Å². The molecule has 1 aromatic rings. The average molecular weight is 311 g/mol. The molecule has 18 heavy (non-hydrogen) atoms. The van der Waals surface area contributed by atoms with Gasteiger partial charge in [-0.3, -0.25) is 0 Å². The Morgan fingerprint density at radius 2 is 2.17 bits per heavy atom. The molecule has 1 saturated carbocycles. The maximum atomic E-state index is 9.77. The van der Waals surface area contributed by atoms with E-state index in [1.165, 1.54) is 11.1 Å². The first-order valence-electron chi connectivity index (χ1n) is 6.53. The Balaban J connectivity index is 2.22. The maximum Gasteiger partial charge on any atom is 0.135 e. The summed E-state index contributed by atoms with van der Waals surface area (Å²) < 4.78 is 7.34. The minimum Gasteiger partial charge on any atom is -0.484 e. The minimum absolute atomic E-state index is 0.109. The second-order valence-corrected chi connectivity index (χ2v) is 6.92. The number of fused-ring (bicyclic) bond motifs is 4. The lowest BCUT2D eigenvalue weighted by atomic mass is 9.69. The SMILES string of the molecule is Cc1cc2c(cc1Br)[C@@]1(C)CC[C@](CO)(O2)[C@H]1C. The lowest BCUT2D eigenvalue weighted by molar-refractivity contribution is -0.0395. The first-order valence-corrected chi connectivity index (χ1v) is 7.33. The number of rotatable bonds is 1. The third-order valence-electron chi connectivity index (χ3n) is 5.27. The smallest absolute Gasteiger partial charge is 0.135 e. The summed E-state index contributed by atoms with van der Waals surface area (Å²) in [5.74, 6) is 1.31. The summed E-state index contributed by atoms with van der Waals surface area (Å²) in [7, 11) is 0. The normalized spacial score (nSPS) is 37.3. The summed E-state index contributed by atoms with van der Waals surface area (Å²) in [5.41, 5.74) is 2.21. The van der Waals surface area contributed by atoms with Gasteiger partial charge in [-0.1, -0.05) is 29.8 Å². The molecule has 1 aliphatic carbocycles. The van der Waals surface area contributed by atoms with Crippen molar-refractivity contribution in [3.63, 3.8) is 0 Å². The van der Waals surface area contributed by atoms with Crippen LogP contribution in [-0.4, -0.2) is 17.3 Å². The van der Waals surface area contributed by atoms with Gasteiger partial charge in [-0.2, -0.15) is 0 Å². The molecule has 0 saturated heterocycles. The van der Waals surface area contributed by atoms with Crippen LogP contribution in [0, 0.1) is 12.8 Å². The Kier molecular flexibility index (Phi) is 2.59. The van der Waals surface area contributed by atoms with Gasteiger partial charge in [-0.15, -0.1) is 0 Å². The molecule has 3 rings (SSSR count). The molecule has 2 nitrogen and oxygen atoms in total. The largest absolute Gasteiger partial charge is 0.484 e. The quantitative estimate of drug-likeness (QED) is 0.859. The van der Waals surface area contributed by atoms with Gasteiger partial charge in [-0.25, -0.2) is 0 Å². The van der Waals surface area contributed by atoms with E-state index in [9.17, 15) is 5.11 Å². The maximum absolute atomic E-state index is 9.77. The van der Waals surface area contributed by atoms with E-state index in [2.05, 4.69) is 48.8 Å². The molecule has 0 amide bonds. The van der Waals surface area contributed by atoms with E-state index < -0.39 is 0 Å². The van der Waals surface area contributed by atoms with Gasteiger partial charge in [0.15, 0.2) is 0 Å². The van der Waals surface area contributed by atoms with Crippen LogP contribution in [0.15, 0.2) is 16.6 Å². The van der Waals surface area contributed by atoms with Gasteiger partial charge in [0.05, 0.1) is 6.61 Å². The first kappa shape index (κ1) is 12.5. The molecule has 0 unspecified atom stereocenters. The van der Waals surface area contributed by atoms with E-state index in [4.69, 9.17) is 4.74 Å². The lowest BCUT2D eigenvalue weighted by Crippen LogP contribution is -2.50. The molecule has 98 valence electrons. The van der Waals surface area contributed by atoms with Gasteiger partial charge in [0.2, 0.25) is 0 Å². The fourth-order valence-corrected chi connectivity index (χ4v) is 3.99. The van der Waals surface area contributed by atoms with Crippen LogP contribution in [-0.2, 0) is 5.41 Å². The molecule has 0 radical (unpaired) electrons. The first-order chi connectivity index (χ1) is 8.43. The van der Waals surface area contributed by atoms with Crippen LogP contribution in [0.5, 0.6) is 5.75 Å².